The Kier molecular flexibility index (Phi) is 1.30. The molecule has 0 aromatic carbocycles. The maximum absolute atomic E-state index is 5.40. The molecule has 0 amide bonds. The van der Waals surface area contributed by atoms with Gasteiger partial charge in [-0.25, -0.2) is 4.68 Å². The molecule has 2 N–H and O–H groups in total. The topological polar surface area (TPSA) is 56.7 Å². The number of thioether (sulfide) groups is 1. The van der Waals surface area contributed by atoms with E-state index in [-0.39, 0.29) is 0 Å². The second-order valence-electron chi connectivity index (χ2n) is 2.18. The molecule has 0 radical (unpaired) electrons. The Hall–Kier alpha value is -0.710. The lowest BCUT2D eigenvalue weighted by Crippen LogP contribution is -2.08. The minimum atomic E-state index is 0.393. The van der Waals surface area contributed by atoms with E-state index >= 15 is 0 Å². The zero-order valence-electron chi connectivity index (χ0n) is 5.45. The van der Waals surface area contributed by atoms with Gasteiger partial charge in [0.1, 0.15) is 0 Å². The Morgan fingerprint density at radius 3 is 3.30 bits per heavy atom. The number of hydrogen-bond acceptors (Lipinski definition) is 4. The number of nitrogen functional groups attached to an aromatic ring is 1. The smallest absolute Gasteiger partial charge is 0.240 e. The maximum Gasteiger partial charge on any atom is 0.240 e. The molecule has 0 atom stereocenters. The lowest BCUT2D eigenvalue weighted by Gasteiger charge is -2.09. The molecule has 1 aromatic heterocycles. The normalized spacial score (nSPS) is 16.8. The van der Waals surface area contributed by atoms with E-state index in [4.69, 9.17) is 5.73 Å². The van der Waals surface area contributed by atoms with Crippen LogP contribution in [0.4, 0.5) is 5.95 Å². The number of aryl methyl sites for hydroxylation is 1. The molecule has 1 aliphatic rings. The lowest BCUT2D eigenvalue weighted by atomic mass is 10.5. The summed E-state index contributed by atoms with van der Waals surface area (Å²) in [5, 5.41) is 4.98. The highest BCUT2D eigenvalue weighted by Crippen LogP contribution is 2.22. The van der Waals surface area contributed by atoms with Gasteiger partial charge in [-0.05, 0) is 6.42 Å². The first-order chi connectivity index (χ1) is 4.86. The molecule has 4 nitrogen and oxygen atoms in total. The molecule has 0 unspecified atom stereocenters. The van der Waals surface area contributed by atoms with Crippen molar-refractivity contribution < 1.29 is 0 Å². The van der Waals surface area contributed by atoms with Crippen LogP contribution in [0.25, 0.3) is 0 Å². The van der Waals surface area contributed by atoms with Gasteiger partial charge in [0.2, 0.25) is 5.95 Å². The van der Waals surface area contributed by atoms with Crippen LogP contribution in [0, 0.1) is 0 Å². The summed E-state index contributed by atoms with van der Waals surface area (Å²) in [6, 6.07) is 0. The summed E-state index contributed by atoms with van der Waals surface area (Å²) in [7, 11) is 0. The van der Waals surface area contributed by atoms with E-state index in [1.807, 2.05) is 4.68 Å². The van der Waals surface area contributed by atoms with Crippen LogP contribution < -0.4 is 5.73 Å². The van der Waals surface area contributed by atoms with Crippen molar-refractivity contribution in [3.63, 3.8) is 0 Å². The van der Waals surface area contributed by atoms with E-state index < -0.39 is 0 Å². The second kappa shape index (κ2) is 2.16. The molecule has 0 spiro atoms. The van der Waals surface area contributed by atoms with Crippen molar-refractivity contribution in [2.75, 3.05) is 11.5 Å². The average Bonchev–Trinajstić information content (AvgIpc) is 2.27. The Balaban J connectivity index is 2.41. The SMILES string of the molecule is Nc1nc2n(n1)CCCS2. The van der Waals surface area contributed by atoms with Gasteiger partial charge >= 0.3 is 0 Å². The summed E-state index contributed by atoms with van der Waals surface area (Å²) >= 11 is 1.72. The van der Waals surface area contributed by atoms with Gasteiger partial charge in [-0.2, -0.15) is 4.98 Å². The molecule has 2 heterocycles. The molecule has 1 aliphatic heterocycles. The predicted octanol–water partition coefficient (Wildman–Crippen LogP) is 0.356. The molecule has 2 rings (SSSR count). The molecule has 1 aromatic rings. The fraction of sp³-hybridized carbons (Fsp3) is 0.600. The van der Waals surface area contributed by atoms with E-state index in [9.17, 15) is 0 Å². The van der Waals surface area contributed by atoms with Crippen LogP contribution in [0.15, 0.2) is 5.16 Å². The molecule has 0 saturated carbocycles. The summed E-state index contributed by atoms with van der Waals surface area (Å²) in [6.07, 6.45) is 1.17. The molecule has 0 aliphatic carbocycles. The molecule has 10 heavy (non-hydrogen) atoms. The van der Waals surface area contributed by atoms with Crippen molar-refractivity contribution in [3.05, 3.63) is 0 Å². The predicted molar refractivity (Wildman–Crippen MR) is 39.8 cm³/mol. The van der Waals surface area contributed by atoms with Crippen molar-refractivity contribution in [2.45, 2.75) is 18.1 Å². The van der Waals surface area contributed by atoms with E-state index in [1.54, 1.807) is 11.8 Å². The third-order valence-corrected chi connectivity index (χ3v) is 2.45. The zero-order valence-corrected chi connectivity index (χ0v) is 6.27. The molecular formula is C5H8N4S. The van der Waals surface area contributed by atoms with Crippen molar-refractivity contribution in [2.24, 2.45) is 0 Å². The Morgan fingerprint density at radius 2 is 2.50 bits per heavy atom. The van der Waals surface area contributed by atoms with Crippen LogP contribution in [-0.2, 0) is 6.54 Å². The number of nitrogens with zero attached hydrogens (tertiary/aromatic N) is 3. The van der Waals surface area contributed by atoms with Crippen LogP contribution in [-0.4, -0.2) is 20.5 Å². The highest BCUT2D eigenvalue weighted by Gasteiger charge is 2.11. The standard InChI is InChI=1S/C5H8N4S/c6-4-7-5-9(8-4)2-1-3-10-5/h1-3H2,(H2,6,8). The third kappa shape index (κ3) is 0.862. The van der Waals surface area contributed by atoms with E-state index in [1.165, 1.54) is 6.42 Å². The van der Waals surface area contributed by atoms with Crippen LogP contribution in [0.3, 0.4) is 0 Å². The summed E-state index contributed by atoms with van der Waals surface area (Å²) in [6.45, 7) is 0.965. The first-order valence-corrected chi connectivity index (χ1v) is 4.18. The van der Waals surface area contributed by atoms with Crippen molar-refractivity contribution in [1.29, 1.82) is 0 Å². The van der Waals surface area contributed by atoms with Gasteiger partial charge in [0, 0.05) is 12.3 Å². The third-order valence-electron chi connectivity index (χ3n) is 1.40. The van der Waals surface area contributed by atoms with Crippen molar-refractivity contribution in [3.8, 4) is 0 Å². The van der Waals surface area contributed by atoms with E-state index in [2.05, 4.69) is 10.1 Å². The summed E-state index contributed by atoms with van der Waals surface area (Å²) in [5.74, 6) is 1.53. The Labute approximate surface area is 62.8 Å². The molecular weight excluding hydrogens is 148 g/mol. The van der Waals surface area contributed by atoms with Crippen molar-refractivity contribution >= 4 is 17.7 Å². The minimum Gasteiger partial charge on any atom is -0.366 e. The fourth-order valence-electron chi connectivity index (χ4n) is 0.975. The number of aromatic nitrogens is 3. The van der Waals surface area contributed by atoms with Gasteiger partial charge in [-0.15, -0.1) is 5.10 Å². The van der Waals surface area contributed by atoms with Crippen LogP contribution >= 0.6 is 11.8 Å². The molecule has 0 bridgehead atoms. The molecule has 54 valence electrons. The quantitative estimate of drug-likeness (QED) is 0.589. The zero-order chi connectivity index (χ0) is 6.97. The monoisotopic (exact) mass is 156 g/mol. The minimum absolute atomic E-state index is 0.393. The largest absolute Gasteiger partial charge is 0.366 e. The molecule has 0 fully saturated rings. The lowest BCUT2D eigenvalue weighted by molar-refractivity contribution is 0.540. The average molecular weight is 156 g/mol. The number of anilines is 1. The fourth-order valence-corrected chi connectivity index (χ4v) is 1.87. The number of fused-ring (bicyclic) bond motifs is 1. The van der Waals surface area contributed by atoms with Gasteiger partial charge in [-0.1, -0.05) is 11.8 Å². The van der Waals surface area contributed by atoms with Crippen LogP contribution in [0.1, 0.15) is 6.42 Å². The maximum atomic E-state index is 5.40. The van der Waals surface area contributed by atoms with E-state index in [0.717, 1.165) is 17.5 Å². The number of rotatable bonds is 0. The number of hydrogen-bond donors (Lipinski definition) is 1. The Bertz CT molecular complexity index is 220. The van der Waals surface area contributed by atoms with Gasteiger partial charge in [0.15, 0.2) is 5.16 Å². The highest BCUT2D eigenvalue weighted by molar-refractivity contribution is 7.99. The first kappa shape index (κ1) is 6.03. The summed E-state index contributed by atoms with van der Waals surface area (Å²) < 4.78 is 1.86. The summed E-state index contributed by atoms with van der Waals surface area (Å²) in [5.41, 5.74) is 5.40. The highest BCUT2D eigenvalue weighted by atomic mass is 32.2. The summed E-state index contributed by atoms with van der Waals surface area (Å²) in [4.78, 5) is 4.04. The van der Waals surface area contributed by atoms with Gasteiger partial charge in [0.25, 0.3) is 0 Å². The van der Waals surface area contributed by atoms with Gasteiger partial charge < -0.3 is 5.73 Å². The first-order valence-electron chi connectivity index (χ1n) is 3.19. The number of nitrogens with two attached hydrogens (primary N) is 1. The van der Waals surface area contributed by atoms with Gasteiger partial charge in [0.05, 0.1) is 0 Å². The van der Waals surface area contributed by atoms with Crippen LogP contribution in [0.5, 0.6) is 0 Å². The van der Waals surface area contributed by atoms with Crippen molar-refractivity contribution in [1.82, 2.24) is 14.8 Å². The van der Waals surface area contributed by atoms with Gasteiger partial charge in [-0.3, -0.25) is 0 Å². The van der Waals surface area contributed by atoms with Crippen LogP contribution in [0.2, 0.25) is 0 Å². The molecule has 0 saturated heterocycles. The Morgan fingerprint density at radius 1 is 1.60 bits per heavy atom. The second-order valence-corrected chi connectivity index (χ2v) is 3.24. The van der Waals surface area contributed by atoms with E-state index in [0.29, 0.717) is 5.95 Å². The molecule has 5 heteroatoms.